The van der Waals surface area contributed by atoms with Crippen molar-refractivity contribution in [3.63, 3.8) is 0 Å². The summed E-state index contributed by atoms with van der Waals surface area (Å²) < 4.78 is 0. The molecule has 2 N–H and O–H groups in total. The number of aryl methyl sites for hydroxylation is 2. The molecule has 0 saturated carbocycles. The first kappa shape index (κ1) is 22.8. The molecule has 0 radical (unpaired) electrons. The number of aromatic nitrogens is 2. The van der Waals surface area contributed by atoms with Gasteiger partial charge in [-0.1, -0.05) is 67.6 Å². The van der Waals surface area contributed by atoms with Crippen LogP contribution in [0.15, 0.2) is 64.5 Å². The largest absolute Gasteiger partial charge is 0.326 e. The zero-order valence-electron chi connectivity index (χ0n) is 18.3. The second-order valence-corrected chi connectivity index (χ2v) is 8.96. The van der Waals surface area contributed by atoms with E-state index >= 15 is 0 Å². The van der Waals surface area contributed by atoms with Crippen LogP contribution in [0.1, 0.15) is 54.3 Å². The molecule has 0 aliphatic heterocycles. The first-order valence-electron chi connectivity index (χ1n) is 10.7. The van der Waals surface area contributed by atoms with Crippen LogP contribution in [-0.2, 0) is 17.6 Å². The third kappa shape index (κ3) is 6.56. The Kier molecular flexibility index (Phi) is 8.06. The van der Waals surface area contributed by atoms with Gasteiger partial charge in [-0.2, -0.15) is 0 Å². The van der Waals surface area contributed by atoms with Crippen molar-refractivity contribution in [1.29, 1.82) is 0 Å². The predicted octanol–water partition coefficient (Wildman–Crippen LogP) is 5.46. The van der Waals surface area contributed by atoms with E-state index < -0.39 is 0 Å². The van der Waals surface area contributed by atoms with Crippen LogP contribution in [0.2, 0.25) is 0 Å². The van der Waals surface area contributed by atoms with Crippen LogP contribution < -0.4 is 10.9 Å². The molecule has 0 bridgehead atoms. The number of anilines is 1. The topological polar surface area (TPSA) is 74.8 Å². The lowest BCUT2D eigenvalue weighted by Crippen LogP contribution is -2.23. The van der Waals surface area contributed by atoms with Gasteiger partial charge in [0.05, 0.1) is 6.42 Å². The second-order valence-electron chi connectivity index (χ2n) is 7.63. The molecule has 1 heterocycles. The smallest absolute Gasteiger partial charge is 0.255 e. The number of carbonyl (C=O) groups excluding carboxylic acids is 1. The van der Waals surface area contributed by atoms with Gasteiger partial charge in [0.15, 0.2) is 5.16 Å². The molecule has 3 rings (SSSR count). The Labute approximate surface area is 187 Å². The average Bonchev–Trinajstić information content (AvgIpc) is 2.76. The minimum absolute atomic E-state index is 0.00899. The van der Waals surface area contributed by atoms with Crippen LogP contribution in [0.4, 0.5) is 5.69 Å². The highest BCUT2D eigenvalue weighted by molar-refractivity contribution is 7.99. The van der Waals surface area contributed by atoms with E-state index in [4.69, 9.17) is 0 Å². The summed E-state index contributed by atoms with van der Waals surface area (Å²) in [5, 5.41) is 3.58. The fraction of sp³-hybridized carbons (Fsp3) is 0.320. The van der Waals surface area contributed by atoms with Gasteiger partial charge in [-0.05, 0) is 49.9 Å². The molecule has 0 spiro atoms. The maximum atomic E-state index is 12.6. The van der Waals surface area contributed by atoms with Gasteiger partial charge in [-0.25, -0.2) is 4.98 Å². The normalized spacial score (nSPS) is 11.8. The van der Waals surface area contributed by atoms with Crippen molar-refractivity contribution >= 4 is 23.4 Å². The summed E-state index contributed by atoms with van der Waals surface area (Å²) in [5.41, 5.74) is 3.87. The zero-order valence-corrected chi connectivity index (χ0v) is 19.1. The summed E-state index contributed by atoms with van der Waals surface area (Å²) in [6.45, 7) is 6.02. The summed E-state index contributed by atoms with van der Waals surface area (Å²) >= 11 is 1.49. The fourth-order valence-electron chi connectivity index (χ4n) is 3.31. The van der Waals surface area contributed by atoms with Gasteiger partial charge in [0.25, 0.3) is 5.56 Å². The van der Waals surface area contributed by atoms with Gasteiger partial charge >= 0.3 is 0 Å². The van der Waals surface area contributed by atoms with E-state index in [0.717, 1.165) is 30.5 Å². The summed E-state index contributed by atoms with van der Waals surface area (Å²) in [6.07, 6.45) is 3.34. The van der Waals surface area contributed by atoms with Gasteiger partial charge in [0.2, 0.25) is 5.91 Å². The van der Waals surface area contributed by atoms with Gasteiger partial charge in [0, 0.05) is 22.2 Å². The number of amides is 1. The van der Waals surface area contributed by atoms with Crippen molar-refractivity contribution < 1.29 is 4.79 Å². The summed E-state index contributed by atoms with van der Waals surface area (Å²) in [6, 6.07) is 17.9. The van der Waals surface area contributed by atoms with Gasteiger partial charge in [-0.3, -0.25) is 9.59 Å². The molecule has 6 heteroatoms. The number of thioether (sulfide) groups is 1. The van der Waals surface area contributed by atoms with Crippen molar-refractivity contribution in [3.05, 3.63) is 87.3 Å². The molecule has 1 amide bonds. The number of H-pyrrole nitrogens is 1. The third-order valence-corrected chi connectivity index (χ3v) is 6.19. The van der Waals surface area contributed by atoms with E-state index in [-0.39, 0.29) is 23.1 Å². The Morgan fingerprint density at radius 2 is 1.84 bits per heavy atom. The van der Waals surface area contributed by atoms with Gasteiger partial charge < -0.3 is 10.3 Å². The fourth-order valence-corrected chi connectivity index (χ4v) is 4.28. The monoisotopic (exact) mass is 435 g/mol. The summed E-state index contributed by atoms with van der Waals surface area (Å²) in [4.78, 5) is 32.5. The molecule has 2 aromatic carbocycles. The van der Waals surface area contributed by atoms with Crippen molar-refractivity contribution in [3.8, 4) is 0 Å². The van der Waals surface area contributed by atoms with Crippen LogP contribution in [0, 0.1) is 6.92 Å². The molecule has 0 aliphatic carbocycles. The van der Waals surface area contributed by atoms with Crippen molar-refractivity contribution in [1.82, 2.24) is 9.97 Å². The number of nitrogens with one attached hydrogen (secondary N) is 2. The predicted molar refractivity (Wildman–Crippen MR) is 128 cm³/mol. The van der Waals surface area contributed by atoms with E-state index in [9.17, 15) is 9.59 Å². The number of rotatable bonds is 9. The number of nitrogens with zero attached hydrogens (tertiary/aromatic N) is 1. The quantitative estimate of drug-likeness (QED) is 0.346. The third-order valence-electron chi connectivity index (χ3n) is 5.15. The minimum Gasteiger partial charge on any atom is -0.326 e. The van der Waals surface area contributed by atoms with E-state index in [2.05, 4.69) is 41.3 Å². The Morgan fingerprint density at radius 3 is 2.48 bits per heavy atom. The van der Waals surface area contributed by atoms with E-state index in [0.29, 0.717) is 16.4 Å². The molecule has 0 saturated heterocycles. The molecule has 3 aromatic rings. The highest BCUT2D eigenvalue weighted by Gasteiger charge is 2.15. The molecule has 1 unspecified atom stereocenters. The van der Waals surface area contributed by atoms with Gasteiger partial charge in [-0.15, -0.1) is 0 Å². The maximum absolute atomic E-state index is 12.6. The van der Waals surface area contributed by atoms with Crippen molar-refractivity contribution in [2.24, 2.45) is 0 Å². The zero-order chi connectivity index (χ0) is 22.2. The van der Waals surface area contributed by atoms with Crippen LogP contribution in [0.25, 0.3) is 0 Å². The van der Waals surface area contributed by atoms with E-state index in [1.54, 1.807) is 6.92 Å². The molecule has 5 nitrogen and oxygen atoms in total. The second kappa shape index (κ2) is 11.0. The molecule has 1 aromatic heterocycles. The first-order valence-corrected chi connectivity index (χ1v) is 11.5. The van der Waals surface area contributed by atoms with E-state index in [1.165, 1.54) is 17.3 Å². The Morgan fingerprint density at radius 1 is 1.13 bits per heavy atom. The standard InChI is InChI=1S/C25H29N3O2S/c1-4-5-9-19-12-14-21(15-13-19)27-23(29)16-22-17(2)26-25(28-24(22)30)31-18(3)20-10-7-6-8-11-20/h6-8,10-15,18H,4-5,9,16H2,1-3H3,(H,27,29)(H,26,28,30). The number of hydrogen-bond donors (Lipinski definition) is 2. The number of carbonyl (C=O) groups is 1. The molecule has 31 heavy (non-hydrogen) atoms. The Bertz CT molecular complexity index is 1060. The summed E-state index contributed by atoms with van der Waals surface area (Å²) in [5.74, 6) is -0.227. The molecule has 0 aliphatic rings. The van der Waals surface area contributed by atoms with Gasteiger partial charge in [0.1, 0.15) is 0 Å². The number of benzene rings is 2. The van der Waals surface area contributed by atoms with Crippen molar-refractivity contribution in [2.45, 2.75) is 56.9 Å². The summed E-state index contributed by atoms with van der Waals surface area (Å²) in [7, 11) is 0. The average molecular weight is 436 g/mol. The van der Waals surface area contributed by atoms with Crippen LogP contribution in [-0.4, -0.2) is 15.9 Å². The lowest BCUT2D eigenvalue weighted by molar-refractivity contribution is -0.115. The van der Waals surface area contributed by atoms with Crippen LogP contribution in [0.5, 0.6) is 0 Å². The highest BCUT2D eigenvalue weighted by atomic mass is 32.2. The van der Waals surface area contributed by atoms with Crippen LogP contribution in [0.3, 0.4) is 0 Å². The Hall–Kier alpha value is -2.86. The lowest BCUT2D eigenvalue weighted by atomic mass is 10.1. The lowest BCUT2D eigenvalue weighted by Gasteiger charge is -2.12. The maximum Gasteiger partial charge on any atom is 0.255 e. The minimum atomic E-state index is -0.264. The number of unbranched alkanes of at least 4 members (excludes halogenated alkanes) is 1. The highest BCUT2D eigenvalue weighted by Crippen LogP contribution is 2.32. The molecule has 0 fully saturated rings. The molecular formula is C25H29N3O2S. The molecular weight excluding hydrogens is 406 g/mol. The van der Waals surface area contributed by atoms with E-state index in [1.807, 2.05) is 42.5 Å². The van der Waals surface area contributed by atoms with Crippen LogP contribution >= 0.6 is 11.8 Å². The SMILES string of the molecule is CCCCc1ccc(NC(=O)Cc2c(C)nc(SC(C)c3ccccc3)[nH]c2=O)cc1. The number of aromatic amines is 1. The first-order chi connectivity index (χ1) is 15.0. The van der Waals surface area contributed by atoms with Crippen molar-refractivity contribution in [2.75, 3.05) is 5.32 Å². The molecule has 1 atom stereocenters. The molecule has 162 valence electrons. The Balaban J connectivity index is 1.63. The number of hydrogen-bond acceptors (Lipinski definition) is 4.